The second-order valence-corrected chi connectivity index (χ2v) is 14.3. The Kier molecular flexibility index (Phi) is 10.5. The highest BCUT2D eigenvalue weighted by atomic mass is 31.3. The number of aromatic nitrogens is 5. The fourth-order valence-corrected chi connectivity index (χ4v) is 7.36. The van der Waals surface area contributed by atoms with Crippen molar-refractivity contribution in [3.8, 4) is 0 Å². The number of carbonyl (C=O) groups excluding carboxylic acids is 1. The summed E-state index contributed by atoms with van der Waals surface area (Å²) in [5, 5.41) is 31.4. The van der Waals surface area contributed by atoms with E-state index in [0.29, 0.717) is 0 Å². The van der Waals surface area contributed by atoms with E-state index < -0.39 is 91.7 Å². The fourth-order valence-electron chi connectivity index (χ4n) is 4.81. The third kappa shape index (κ3) is 8.12. The van der Waals surface area contributed by atoms with Gasteiger partial charge in [0.05, 0.1) is 19.5 Å². The van der Waals surface area contributed by atoms with Gasteiger partial charge in [-0.2, -0.15) is 4.57 Å². The van der Waals surface area contributed by atoms with Crippen LogP contribution in [-0.2, 0) is 41.1 Å². The summed E-state index contributed by atoms with van der Waals surface area (Å²) in [5.41, 5.74) is 11.0. The van der Waals surface area contributed by atoms with Crippen molar-refractivity contribution in [1.29, 1.82) is 0 Å². The first-order valence-electron chi connectivity index (χ1n) is 13.3. The Labute approximate surface area is 267 Å². The number of amides is 1. The topological polar surface area (TPSA) is 373 Å². The molecule has 8 N–H and O–H groups in total. The van der Waals surface area contributed by atoms with Gasteiger partial charge in [0.2, 0.25) is 0 Å². The predicted octanol–water partition coefficient (Wildman–Crippen LogP) is -4.79. The monoisotopic (exact) mass is 741 g/mol. The molecule has 48 heavy (non-hydrogen) atoms. The molecule has 24 nitrogen and oxygen atoms in total. The number of hydrogen-bond acceptors (Lipinski definition) is 20. The summed E-state index contributed by atoms with van der Waals surface area (Å²) in [4.78, 5) is 68.6. The molecule has 264 valence electrons. The number of phosphoric ester groups is 3. The summed E-state index contributed by atoms with van der Waals surface area (Å²) in [7, 11) is -17.2. The number of rotatable bonds is 13. The highest BCUT2D eigenvalue weighted by molar-refractivity contribution is 7.59. The SMILES string of the molecule is NC(=O)c1ccc[n+]([C@@H]2O[C@H](COP(=O)([O-])OP(=O)([O-])OC[C@H]3O[C@@H](n4cnc5c(N)ncnc54)[C@H](OP(=O)([O-])O)[C@@H]3O)[C@@H](O)[C@H]2O)c1. The van der Waals surface area contributed by atoms with E-state index in [1.54, 1.807) is 0 Å². The zero-order valence-electron chi connectivity index (χ0n) is 23.8. The number of ether oxygens (including phenoxy) is 2. The Balaban J connectivity index is 1.21. The van der Waals surface area contributed by atoms with Gasteiger partial charge < -0.3 is 69.4 Å². The molecule has 2 fully saturated rings. The zero-order chi connectivity index (χ0) is 35.2. The second kappa shape index (κ2) is 13.8. The van der Waals surface area contributed by atoms with Gasteiger partial charge in [-0.1, -0.05) is 0 Å². The van der Waals surface area contributed by atoms with E-state index in [1.807, 2.05) is 0 Å². The van der Waals surface area contributed by atoms with E-state index in [1.165, 1.54) is 29.1 Å². The number of primary amides is 1. The van der Waals surface area contributed by atoms with Crippen LogP contribution in [0.1, 0.15) is 22.8 Å². The number of fused-ring (bicyclic) bond motifs is 1. The van der Waals surface area contributed by atoms with Crippen LogP contribution >= 0.6 is 23.5 Å². The largest absolute Gasteiger partial charge is 0.756 e. The van der Waals surface area contributed by atoms with Crippen LogP contribution in [0.15, 0.2) is 37.2 Å². The molecule has 1 amide bonds. The maximum Gasteiger partial charge on any atom is 0.292 e. The minimum atomic E-state index is -5.85. The number of anilines is 1. The lowest BCUT2D eigenvalue weighted by Gasteiger charge is -2.32. The molecule has 0 spiro atoms. The van der Waals surface area contributed by atoms with Crippen molar-refractivity contribution >= 4 is 46.4 Å². The number of aliphatic hydroxyl groups is 3. The van der Waals surface area contributed by atoms with Crippen LogP contribution in [0.25, 0.3) is 11.2 Å². The molecule has 5 rings (SSSR count). The standard InChI is InChI=1S/C21H28N7O17P3/c22-17-12-19(25-7-24-17)28(8-26-12)21-16(44-46(33,34)35)14(30)11(43-21)6-41-48(38,39)45-47(36,37)40-5-10-13(29)15(31)20(42-10)27-3-1-2-9(4-27)18(23)32/h1-4,7-8,10-11,13-16,20-21,29-31H,5-6H2,(H7-,22,23,24,25,32,33,34,35,36,37,38,39)/p-2/t10-,11-,13-,14-,15-,16-,20-,21-/m1/s1. The smallest absolute Gasteiger partial charge is 0.292 e. The zero-order valence-corrected chi connectivity index (χ0v) is 26.5. The fraction of sp³-hybridized carbons (Fsp3) is 0.476. The molecular formula is C21H26N7O17P3-2. The molecule has 2 aliphatic heterocycles. The van der Waals surface area contributed by atoms with Crippen LogP contribution in [0.4, 0.5) is 5.82 Å². The third-order valence-electron chi connectivity index (χ3n) is 6.96. The molecule has 3 aromatic rings. The summed E-state index contributed by atoms with van der Waals surface area (Å²) < 4.78 is 67.0. The Morgan fingerprint density at radius 2 is 1.65 bits per heavy atom. The average molecular weight is 741 g/mol. The van der Waals surface area contributed by atoms with Gasteiger partial charge in [-0.15, -0.1) is 0 Å². The van der Waals surface area contributed by atoms with Crippen LogP contribution < -0.4 is 30.7 Å². The molecule has 11 atom stereocenters. The molecule has 2 saturated heterocycles. The first-order chi connectivity index (χ1) is 22.4. The number of carbonyl (C=O) groups is 1. The summed E-state index contributed by atoms with van der Waals surface area (Å²) in [6.45, 7) is -2.24. The van der Waals surface area contributed by atoms with Crippen LogP contribution in [0, 0.1) is 0 Å². The van der Waals surface area contributed by atoms with Crippen LogP contribution in [0.3, 0.4) is 0 Å². The third-order valence-corrected chi connectivity index (χ3v) is 10.0. The molecule has 0 radical (unpaired) electrons. The minimum absolute atomic E-state index is 0.0222. The molecule has 5 heterocycles. The number of nitrogen functional groups attached to an aromatic ring is 1. The molecular weight excluding hydrogens is 715 g/mol. The number of pyridine rings is 1. The van der Waals surface area contributed by atoms with E-state index in [2.05, 4.69) is 32.8 Å². The highest BCUT2D eigenvalue weighted by Gasteiger charge is 2.50. The normalized spacial score (nSPS) is 31.3. The molecule has 0 bridgehead atoms. The van der Waals surface area contributed by atoms with Crippen molar-refractivity contribution in [3.63, 3.8) is 0 Å². The number of imidazole rings is 1. The van der Waals surface area contributed by atoms with Crippen molar-refractivity contribution in [2.75, 3.05) is 18.9 Å². The van der Waals surface area contributed by atoms with Gasteiger partial charge in [0.15, 0.2) is 36.2 Å². The van der Waals surface area contributed by atoms with Crippen LogP contribution in [-0.4, -0.2) is 95.5 Å². The molecule has 0 aliphatic carbocycles. The lowest BCUT2D eigenvalue weighted by Crippen LogP contribution is -2.46. The number of nitrogens with two attached hydrogens (primary N) is 2. The minimum Gasteiger partial charge on any atom is -0.756 e. The molecule has 0 saturated carbocycles. The lowest BCUT2D eigenvalue weighted by atomic mass is 10.1. The maximum atomic E-state index is 12.4. The second-order valence-electron chi connectivity index (χ2n) is 10.2. The van der Waals surface area contributed by atoms with E-state index in [4.69, 9.17) is 20.9 Å². The van der Waals surface area contributed by atoms with Crippen molar-refractivity contribution in [3.05, 3.63) is 42.7 Å². The van der Waals surface area contributed by atoms with Gasteiger partial charge in [0.25, 0.3) is 35.6 Å². The number of nitrogens with zero attached hydrogens (tertiary/aromatic N) is 5. The summed E-state index contributed by atoms with van der Waals surface area (Å²) >= 11 is 0. The number of hydrogen-bond donors (Lipinski definition) is 6. The van der Waals surface area contributed by atoms with Crippen molar-refractivity contribution in [1.82, 2.24) is 19.5 Å². The predicted molar refractivity (Wildman–Crippen MR) is 144 cm³/mol. The molecule has 27 heteroatoms. The molecule has 3 aromatic heterocycles. The van der Waals surface area contributed by atoms with Crippen molar-refractivity contribution < 1.29 is 85.3 Å². The lowest BCUT2D eigenvalue weighted by molar-refractivity contribution is -0.765. The summed E-state index contributed by atoms with van der Waals surface area (Å²) in [5.74, 6) is -0.891. The van der Waals surface area contributed by atoms with Gasteiger partial charge in [0.1, 0.15) is 47.9 Å². The first-order valence-corrected chi connectivity index (χ1v) is 17.7. The Morgan fingerprint density at radius 1 is 1.00 bits per heavy atom. The molecule has 0 aromatic carbocycles. The Hall–Kier alpha value is -2.86. The van der Waals surface area contributed by atoms with Gasteiger partial charge in [0, 0.05) is 6.07 Å². The van der Waals surface area contributed by atoms with Crippen molar-refractivity contribution in [2.24, 2.45) is 5.73 Å². The quantitative estimate of drug-likeness (QED) is 0.0707. The Morgan fingerprint density at radius 3 is 2.27 bits per heavy atom. The van der Waals surface area contributed by atoms with Crippen LogP contribution in [0.5, 0.6) is 0 Å². The van der Waals surface area contributed by atoms with Gasteiger partial charge in [-0.3, -0.25) is 23.1 Å². The van der Waals surface area contributed by atoms with E-state index in [-0.39, 0.29) is 22.5 Å². The van der Waals surface area contributed by atoms with E-state index >= 15 is 0 Å². The first kappa shape index (κ1) is 36.4. The number of phosphoric acid groups is 3. The van der Waals surface area contributed by atoms with Gasteiger partial charge in [-0.25, -0.2) is 19.3 Å². The van der Waals surface area contributed by atoms with Gasteiger partial charge >= 0.3 is 0 Å². The molecule has 2 aliphatic rings. The van der Waals surface area contributed by atoms with Gasteiger partial charge in [-0.05, 0) is 6.07 Å². The average Bonchev–Trinajstić information content (AvgIpc) is 3.64. The summed E-state index contributed by atoms with van der Waals surface area (Å²) in [6, 6.07) is 2.75. The highest BCUT2D eigenvalue weighted by Crippen LogP contribution is 2.56. The van der Waals surface area contributed by atoms with Crippen molar-refractivity contribution in [2.45, 2.75) is 49.1 Å². The Bertz CT molecular complexity index is 1810. The van der Waals surface area contributed by atoms with E-state index in [0.717, 1.165) is 17.2 Å². The summed E-state index contributed by atoms with van der Waals surface area (Å²) in [6.07, 6.45) is -9.03. The number of aliphatic hydroxyl groups excluding tert-OH is 3. The maximum absolute atomic E-state index is 12.4. The molecule has 3 unspecified atom stereocenters. The van der Waals surface area contributed by atoms with E-state index in [9.17, 15) is 53.4 Å². The van der Waals surface area contributed by atoms with Crippen LogP contribution in [0.2, 0.25) is 0 Å².